The molecule has 1 atom stereocenters. The van der Waals surface area contributed by atoms with E-state index in [0.29, 0.717) is 18.8 Å². The van der Waals surface area contributed by atoms with Crippen LogP contribution in [0.25, 0.3) is 0 Å². The number of hydrogen-bond acceptors (Lipinski definition) is 3. The van der Waals surface area contributed by atoms with Crippen LogP contribution in [0.3, 0.4) is 0 Å². The second-order valence-corrected chi connectivity index (χ2v) is 6.76. The summed E-state index contributed by atoms with van der Waals surface area (Å²) in [5.41, 5.74) is -1.46. The van der Waals surface area contributed by atoms with Crippen LogP contribution in [0, 0.1) is 17.6 Å². The minimum Gasteiger partial charge on any atom is -0.386 e. The maximum Gasteiger partial charge on any atom is 0.325 e. The number of nitrogens with zero attached hydrogens (tertiary/aromatic N) is 1. The van der Waals surface area contributed by atoms with Crippen molar-refractivity contribution in [2.45, 2.75) is 44.2 Å². The number of hydrogen-bond donors (Lipinski definition) is 2. The van der Waals surface area contributed by atoms with Crippen LogP contribution in [-0.4, -0.2) is 34.0 Å². The maximum atomic E-state index is 13.8. The Hall–Kier alpha value is -2.02. The lowest BCUT2D eigenvalue weighted by Crippen LogP contribution is -2.49. The van der Waals surface area contributed by atoms with Gasteiger partial charge in [0.15, 0.2) is 0 Å². The molecule has 1 aromatic carbocycles. The lowest BCUT2D eigenvalue weighted by Gasteiger charge is -2.33. The Morgan fingerprint density at radius 2 is 1.88 bits per heavy atom. The van der Waals surface area contributed by atoms with E-state index in [2.05, 4.69) is 12.2 Å². The van der Waals surface area contributed by atoms with Crippen molar-refractivity contribution in [3.63, 3.8) is 0 Å². The maximum absolute atomic E-state index is 13.8. The molecule has 1 aliphatic heterocycles. The van der Waals surface area contributed by atoms with Gasteiger partial charge in [-0.1, -0.05) is 13.0 Å². The van der Waals surface area contributed by atoms with Crippen LogP contribution in [0.2, 0.25) is 0 Å². The Morgan fingerprint density at radius 3 is 2.46 bits per heavy atom. The third-order valence-electron chi connectivity index (χ3n) is 5.06. The van der Waals surface area contributed by atoms with Crippen molar-refractivity contribution in [2.24, 2.45) is 5.92 Å². The zero-order valence-electron chi connectivity index (χ0n) is 13.4. The second-order valence-electron chi connectivity index (χ2n) is 6.76. The first kappa shape index (κ1) is 16.8. The van der Waals surface area contributed by atoms with Gasteiger partial charge in [0.1, 0.15) is 23.3 Å². The van der Waals surface area contributed by atoms with Crippen LogP contribution in [0.4, 0.5) is 13.6 Å². The van der Waals surface area contributed by atoms with Gasteiger partial charge in [-0.3, -0.25) is 9.69 Å². The van der Waals surface area contributed by atoms with Gasteiger partial charge in [-0.15, -0.1) is 0 Å². The lowest BCUT2D eigenvalue weighted by molar-refractivity contribution is -0.133. The molecule has 1 unspecified atom stereocenters. The summed E-state index contributed by atoms with van der Waals surface area (Å²) in [4.78, 5) is 25.7. The zero-order chi connectivity index (χ0) is 17.5. The monoisotopic (exact) mass is 338 g/mol. The molecule has 1 spiro atoms. The number of benzene rings is 1. The highest BCUT2D eigenvalue weighted by molar-refractivity contribution is 6.07. The Morgan fingerprint density at radius 1 is 1.29 bits per heavy atom. The fraction of sp³-hybridized carbons (Fsp3) is 0.529. The third kappa shape index (κ3) is 2.77. The molecule has 1 saturated heterocycles. The average molecular weight is 338 g/mol. The van der Waals surface area contributed by atoms with Gasteiger partial charge in [-0.2, -0.15) is 0 Å². The minimum absolute atomic E-state index is 0.421. The molecule has 0 aromatic heterocycles. The summed E-state index contributed by atoms with van der Waals surface area (Å²) in [6.45, 7) is 1.62. The van der Waals surface area contributed by atoms with Crippen molar-refractivity contribution in [1.29, 1.82) is 0 Å². The number of aliphatic hydroxyl groups is 1. The van der Waals surface area contributed by atoms with Crippen LogP contribution in [-0.2, 0) is 4.79 Å². The van der Waals surface area contributed by atoms with Crippen LogP contribution in [0.1, 0.15) is 44.3 Å². The Balaban J connectivity index is 1.78. The average Bonchev–Trinajstić information content (AvgIpc) is 2.75. The van der Waals surface area contributed by atoms with E-state index in [-0.39, 0.29) is 0 Å². The summed E-state index contributed by atoms with van der Waals surface area (Å²) in [6, 6.07) is 2.62. The number of β-amino-alcohol motifs (C(OH)–C–C–N with tert-alkyl or cyclic N) is 1. The highest BCUT2D eigenvalue weighted by Crippen LogP contribution is 2.37. The zero-order valence-corrected chi connectivity index (χ0v) is 13.4. The number of rotatable bonds is 3. The van der Waals surface area contributed by atoms with Gasteiger partial charge in [-0.25, -0.2) is 13.6 Å². The summed E-state index contributed by atoms with van der Waals surface area (Å²) >= 11 is 0. The van der Waals surface area contributed by atoms with E-state index in [1.54, 1.807) is 0 Å². The second kappa shape index (κ2) is 6.12. The molecule has 130 valence electrons. The first-order valence-electron chi connectivity index (χ1n) is 8.10. The fourth-order valence-electron chi connectivity index (χ4n) is 3.53. The van der Waals surface area contributed by atoms with Gasteiger partial charge in [0.2, 0.25) is 0 Å². The number of imide groups is 1. The third-order valence-corrected chi connectivity index (χ3v) is 5.06. The number of halogens is 2. The van der Waals surface area contributed by atoms with Gasteiger partial charge in [-0.05, 0) is 43.7 Å². The molecule has 2 aliphatic rings. The number of nitrogens with one attached hydrogen (secondary N) is 1. The normalized spacial score (nSPS) is 28.3. The van der Waals surface area contributed by atoms with E-state index in [1.807, 2.05) is 0 Å². The standard InChI is InChI=1S/C17H20F2N2O3/c1-10-5-7-17(8-6-10)15(23)21(16(24)20-17)9-13(22)14-11(18)3-2-4-12(14)19/h2-4,10,13,22H,5-9H2,1H3,(H,20,24). The van der Waals surface area contributed by atoms with Gasteiger partial charge in [0.25, 0.3) is 5.91 Å². The molecule has 24 heavy (non-hydrogen) atoms. The summed E-state index contributed by atoms with van der Waals surface area (Å²) in [5, 5.41) is 12.9. The largest absolute Gasteiger partial charge is 0.386 e. The molecular formula is C17H20F2N2O3. The fourth-order valence-corrected chi connectivity index (χ4v) is 3.53. The van der Waals surface area contributed by atoms with E-state index in [0.717, 1.165) is 29.9 Å². The number of amides is 3. The quantitative estimate of drug-likeness (QED) is 0.832. The van der Waals surface area contributed by atoms with Crippen molar-refractivity contribution in [3.05, 3.63) is 35.4 Å². The lowest BCUT2D eigenvalue weighted by atomic mass is 9.77. The summed E-state index contributed by atoms with van der Waals surface area (Å²) in [5.74, 6) is -1.74. The summed E-state index contributed by atoms with van der Waals surface area (Å²) in [7, 11) is 0. The molecule has 7 heteroatoms. The minimum atomic E-state index is -1.61. The van der Waals surface area contributed by atoms with E-state index in [4.69, 9.17) is 0 Å². The van der Waals surface area contributed by atoms with E-state index >= 15 is 0 Å². The molecule has 5 nitrogen and oxygen atoms in total. The predicted octanol–water partition coefficient (Wildman–Crippen LogP) is 2.50. The van der Waals surface area contributed by atoms with E-state index < -0.39 is 47.3 Å². The smallest absolute Gasteiger partial charge is 0.325 e. The molecular weight excluding hydrogens is 318 g/mol. The molecule has 1 saturated carbocycles. The van der Waals surface area contributed by atoms with Gasteiger partial charge < -0.3 is 10.4 Å². The van der Waals surface area contributed by atoms with Gasteiger partial charge >= 0.3 is 6.03 Å². The Labute approximate surface area is 138 Å². The van der Waals surface area contributed by atoms with Crippen molar-refractivity contribution >= 4 is 11.9 Å². The highest BCUT2D eigenvalue weighted by atomic mass is 19.1. The van der Waals surface area contributed by atoms with E-state index in [1.165, 1.54) is 6.07 Å². The molecule has 2 N–H and O–H groups in total. The number of carbonyl (C=O) groups excluding carboxylic acids is 2. The van der Waals surface area contributed by atoms with Crippen LogP contribution in [0.5, 0.6) is 0 Å². The molecule has 0 radical (unpaired) electrons. The van der Waals surface area contributed by atoms with Gasteiger partial charge in [0.05, 0.1) is 12.1 Å². The van der Waals surface area contributed by atoms with Crippen LogP contribution in [0.15, 0.2) is 18.2 Å². The van der Waals surface area contributed by atoms with Crippen molar-refractivity contribution < 1.29 is 23.5 Å². The summed E-state index contributed by atoms with van der Waals surface area (Å²) < 4.78 is 27.5. The number of urea groups is 1. The van der Waals surface area contributed by atoms with Crippen LogP contribution >= 0.6 is 0 Å². The number of carbonyl (C=O) groups is 2. The first-order valence-corrected chi connectivity index (χ1v) is 8.10. The SMILES string of the molecule is CC1CCC2(CC1)NC(=O)N(CC(O)c1c(F)cccc1F)C2=O. The number of aliphatic hydroxyl groups excluding tert-OH is 1. The van der Waals surface area contributed by atoms with E-state index in [9.17, 15) is 23.5 Å². The van der Waals surface area contributed by atoms with Crippen molar-refractivity contribution in [1.82, 2.24) is 10.2 Å². The van der Waals surface area contributed by atoms with Crippen molar-refractivity contribution in [2.75, 3.05) is 6.54 Å². The molecule has 1 heterocycles. The molecule has 3 amide bonds. The Bertz CT molecular complexity index is 652. The van der Waals surface area contributed by atoms with Crippen molar-refractivity contribution in [3.8, 4) is 0 Å². The molecule has 1 aliphatic carbocycles. The summed E-state index contributed by atoms with van der Waals surface area (Å²) in [6.07, 6.45) is 1.12. The first-order chi connectivity index (χ1) is 11.3. The predicted molar refractivity (Wildman–Crippen MR) is 81.9 cm³/mol. The highest BCUT2D eigenvalue weighted by Gasteiger charge is 2.52. The molecule has 3 rings (SSSR count). The molecule has 1 aromatic rings. The Kier molecular flexibility index (Phi) is 4.29. The molecule has 0 bridgehead atoms. The topological polar surface area (TPSA) is 69.6 Å². The van der Waals surface area contributed by atoms with Crippen LogP contribution < -0.4 is 5.32 Å². The molecule has 2 fully saturated rings. The van der Waals surface area contributed by atoms with Gasteiger partial charge in [0, 0.05) is 0 Å².